The number of H-pyrrole nitrogens is 1. The van der Waals surface area contributed by atoms with Gasteiger partial charge in [0.05, 0.1) is 36.1 Å². The van der Waals surface area contributed by atoms with Crippen molar-refractivity contribution in [1.82, 2.24) is 19.9 Å². The average molecular weight is 450 g/mol. The Hall–Kier alpha value is -3.95. The number of aryl methyl sites for hydroxylation is 1. The van der Waals surface area contributed by atoms with Crippen LogP contribution in [0.2, 0.25) is 0 Å². The monoisotopic (exact) mass is 450 g/mol. The average Bonchev–Trinajstić information content (AvgIpc) is 3.17. The Morgan fingerprint density at radius 1 is 1.24 bits per heavy atom. The highest BCUT2D eigenvalue weighted by Crippen LogP contribution is 2.34. The second-order valence-electron chi connectivity index (χ2n) is 8.35. The molecule has 172 valence electrons. The van der Waals surface area contributed by atoms with Crippen LogP contribution in [0.1, 0.15) is 47.6 Å². The van der Waals surface area contributed by atoms with Crippen molar-refractivity contribution in [3.05, 3.63) is 47.4 Å². The molecule has 33 heavy (non-hydrogen) atoms. The summed E-state index contributed by atoms with van der Waals surface area (Å²) >= 11 is 0. The summed E-state index contributed by atoms with van der Waals surface area (Å²) in [6, 6.07) is 6.97. The second-order valence-corrected chi connectivity index (χ2v) is 8.35. The summed E-state index contributed by atoms with van der Waals surface area (Å²) in [6.07, 6.45) is 2.99. The minimum Gasteiger partial charge on any atom is -0.480 e. The molecule has 0 spiro atoms. The largest absolute Gasteiger partial charge is 0.480 e. The standard InChI is InChI=1S/C23H26N6O4/c1-12-4-7-19(14-5-6-17-18(8-14)27-13(2)26-17)29(11-12)23(32)21(31)28-15-9-16(20(24)30)22(33-3)25-10-15/h5-6,8-10,12,19H,4,7,11H2,1-3H3,(H2,24,30)(H,26,27)(H,28,31)/t12-,19+/m1/s1. The molecule has 0 unspecified atom stereocenters. The van der Waals surface area contributed by atoms with E-state index in [0.717, 1.165) is 35.3 Å². The molecule has 1 aliphatic heterocycles. The Morgan fingerprint density at radius 3 is 2.76 bits per heavy atom. The number of primary amides is 1. The molecular weight excluding hydrogens is 424 g/mol. The SMILES string of the molecule is COc1ncc(NC(=O)C(=O)N2C[C@H](C)CC[C@H]2c2ccc3[nH]c(C)nc3c2)cc1C(N)=O. The van der Waals surface area contributed by atoms with E-state index >= 15 is 0 Å². The first-order chi connectivity index (χ1) is 15.8. The number of benzene rings is 1. The molecule has 1 saturated heterocycles. The van der Waals surface area contributed by atoms with Crippen LogP contribution in [-0.4, -0.2) is 51.2 Å². The van der Waals surface area contributed by atoms with Gasteiger partial charge >= 0.3 is 11.8 Å². The van der Waals surface area contributed by atoms with Gasteiger partial charge in [0.1, 0.15) is 11.4 Å². The predicted molar refractivity (Wildman–Crippen MR) is 122 cm³/mol. The van der Waals surface area contributed by atoms with E-state index in [4.69, 9.17) is 10.5 Å². The van der Waals surface area contributed by atoms with Gasteiger partial charge in [0.2, 0.25) is 5.88 Å². The molecule has 0 bridgehead atoms. The van der Waals surface area contributed by atoms with Crippen LogP contribution in [0.5, 0.6) is 5.88 Å². The van der Waals surface area contributed by atoms with Gasteiger partial charge in [-0.3, -0.25) is 14.4 Å². The molecule has 4 N–H and O–H groups in total. The lowest BCUT2D eigenvalue weighted by Gasteiger charge is -2.38. The number of ether oxygens (including phenoxy) is 1. The molecule has 3 heterocycles. The molecule has 1 fully saturated rings. The number of carbonyl (C=O) groups excluding carboxylic acids is 3. The number of hydrogen-bond acceptors (Lipinski definition) is 6. The van der Waals surface area contributed by atoms with Crippen molar-refractivity contribution in [1.29, 1.82) is 0 Å². The quantitative estimate of drug-likeness (QED) is 0.521. The zero-order valence-electron chi connectivity index (χ0n) is 18.7. The highest BCUT2D eigenvalue weighted by atomic mass is 16.5. The highest BCUT2D eigenvalue weighted by Gasteiger charge is 2.34. The van der Waals surface area contributed by atoms with E-state index in [9.17, 15) is 14.4 Å². The third-order valence-electron chi connectivity index (χ3n) is 5.85. The van der Waals surface area contributed by atoms with E-state index in [1.807, 2.05) is 25.1 Å². The van der Waals surface area contributed by atoms with Gasteiger partial charge in [-0.1, -0.05) is 13.0 Å². The summed E-state index contributed by atoms with van der Waals surface area (Å²) in [4.78, 5) is 50.9. The van der Waals surface area contributed by atoms with E-state index in [0.29, 0.717) is 6.54 Å². The van der Waals surface area contributed by atoms with Crippen LogP contribution in [0.25, 0.3) is 11.0 Å². The van der Waals surface area contributed by atoms with Gasteiger partial charge in [0.15, 0.2) is 0 Å². The van der Waals surface area contributed by atoms with Gasteiger partial charge in [0.25, 0.3) is 5.91 Å². The number of fused-ring (bicyclic) bond motifs is 1. The van der Waals surface area contributed by atoms with Gasteiger partial charge < -0.3 is 25.7 Å². The van der Waals surface area contributed by atoms with Crippen LogP contribution < -0.4 is 15.8 Å². The van der Waals surface area contributed by atoms with Gasteiger partial charge in [-0.2, -0.15) is 0 Å². The second kappa shape index (κ2) is 8.89. The first-order valence-electron chi connectivity index (χ1n) is 10.7. The van der Waals surface area contributed by atoms with Crippen LogP contribution in [0, 0.1) is 12.8 Å². The van der Waals surface area contributed by atoms with Gasteiger partial charge in [0, 0.05) is 6.54 Å². The lowest BCUT2D eigenvalue weighted by atomic mass is 9.89. The Kier molecular flexibility index (Phi) is 5.99. The van der Waals surface area contributed by atoms with Gasteiger partial charge in [-0.05, 0) is 49.4 Å². The van der Waals surface area contributed by atoms with E-state index < -0.39 is 17.7 Å². The van der Waals surface area contributed by atoms with Crippen LogP contribution in [0.4, 0.5) is 5.69 Å². The summed E-state index contributed by atoms with van der Waals surface area (Å²) in [7, 11) is 1.36. The number of amides is 3. The van der Waals surface area contributed by atoms with Crippen molar-refractivity contribution in [2.45, 2.75) is 32.7 Å². The number of hydrogen-bond donors (Lipinski definition) is 3. The molecule has 1 aliphatic rings. The van der Waals surface area contributed by atoms with Crippen molar-refractivity contribution in [3.63, 3.8) is 0 Å². The van der Waals surface area contributed by atoms with E-state index in [1.165, 1.54) is 19.4 Å². The number of methoxy groups -OCH3 is 1. The first-order valence-corrected chi connectivity index (χ1v) is 10.7. The first kappa shape index (κ1) is 22.3. The van der Waals surface area contributed by atoms with Crippen LogP contribution >= 0.6 is 0 Å². The maximum Gasteiger partial charge on any atom is 0.313 e. The van der Waals surface area contributed by atoms with Gasteiger partial charge in [-0.15, -0.1) is 0 Å². The number of piperidine rings is 1. The van der Waals surface area contributed by atoms with Crippen LogP contribution in [-0.2, 0) is 9.59 Å². The number of anilines is 1. The number of aromatic nitrogens is 3. The van der Waals surface area contributed by atoms with Crippen LogP contribution in [0.15, 0.2) is 30.5 Å². The van der Waals surface area contributed by atoms with E-state index in [1.54, 1.807) is 4.90 Å². The summed E-state index contributed by atoms with van der Waals surface area (Å²) in [5.74, 6) is -1.10. The highest BCUT2D eigenvalue weighted by molar-refractivity contribution is 6.39. The molecule has 1 aromatic carbocycles. The number of pyridine rings is 1. The summed E-state index contributed by atoms with van der Waals surface area (Å²) in [5, 5.41) is 2.53. The van der Waals surface area contributed by atoms with Crippen LogP contribution in [0.3, 0.4) is 0 Å². The molecular formula is C23H26N6O4. The minimum atomic E-state index is -0.812. The van der Waals surface area contributed by atoms with Crippen molar-refractivity contribution < 1.29 is 19.1 Å². The molecule has 10 nitrogen and oxygen atoms in total. The van der Waals surface area contributed by atoms with Crippen molar-refractivity contribution in [2.75, 3.05) is 19.0 Å². The Morgan fingerprint density at radius 2 is 2.03 bits per heavy atom. The number of carbonyl (C=O) groups is 3. The van der Waals surface area contributed by atoms with Crippen molar-refractivity contribution in [2.24, 2.45) is 11.7 Å². The number of aromatic amines is 1. The summed E-state index contributed by atoms with van der Waals surface area (Å²) < 4.78 is 5.01. The van der Waals surface area contributed by atoms with E-state index in [-0.39, 0.29) is 29.1 Å². The predicted octanol–water partition coefficient (Wildman–Crippen LogP) is 2.31. The minimum absolute atomic E-state index is 0.00909. The smallest absolute Gasteiger partial charge is 0.313 e. The fraction of sp³-hybridized carbons (Fsp3) is 0.348. The van der Waals surface area contributed by atoms with Gasteiger partial charge in [-0.25, -0.2) is 9.97 Å². The molecule has 0 radical (unpaired) electrons. The summed E-state index contributed by atoms with van der Waals surface area (Å²) in [5.41, 5.74) is 8.22. The topological polar surface area (TPSA) is 143 Å². The van der Waals surface area contributed by atoms with E-state index in [2.05, 4.69) is 27.2 Å². The number of nitrogens with one attached hydrogen (secondary N) is 2. The third-order valence-corrected chi connectivity index (χ3v) is 5.85. The third kappa shape index (κ3) is 4.50. The van der Waals surface area contributed by atoms with Crippen molar-refractivity contribution >= 4 is 34.4 Å². The number of nitrogens with two attached hydrogens (primary N) is 1. The Labute approximate surface area is 190 Å². The summed E-state index contributed by atoms with van der Waals surface area (Å²) in [6.45, 7) is 4.41. The molecule has 2 atom stereocenters. The number of imidazole rings is 1. The number of nitrogens with zero attached hydrogens (tertiary/aromatic N) is 3. The normalized spacial score (nSPS) is 18.2. The molecule has 2 aromatic heterocycles. The zero-order valence-corrected chi connectivity index (χ0v) is 18.7. The molecule has 10 heteroatoms. The Balaban J connectivity index is 1.58. The zero-order chi connectivity index (χ0) is 23.7. The lowest BCUT2D eigenvalue weighted by Crippen LogP contribution is -2.46. The maximum atomic E-state index is 13.2. The molecule has 0 saturated carbocycles. The molecule has 3 aromatic rings. The fourth-order valence-corrected chi connectivity index (χ4v) is 4.26. The molecule has 4 rings (SSSR count). The number of rotatable bonds is 4. The fourth-order valence-electron chi connectivity index (χ4n) is 4.26. The molecule has 0 aliphatic carbocycles. The Bertz CT molecular complexity index is 1240. The lowest BCUT2D eigenvalue weighted by molar-refractivity contribution is -0.146. The maximum absolute atomic E-state index is 13.2. The number of likely N-dealkylation sites (tertiary alicyclic amines) is 1. The molecule has 3 amide bonds. The van der Waals surface area contributed by atoms with Crippen molar-refractivity contribution in [3.8, 4) is 5.88 Å².